The van der Waals surface area contributed by atoms with Gasteiger partial charge in [-0.1, -0.05) is 27.7 Å². The van der Waals surface area contributed by atoms with Gasteiger partial charge in [-0.3, -0.25) is 14.6 Å². The van der Waals surface area contributed by atoms with Crippen molar-refractivity contribution in [3.8, 4) is 11.4 Å². The van der Waals surface area contributed by atoms with Gasteiger partial charge in [0.05, 0.1) is 12.3 Å². The Balaban J connectivity index is 1.52. The number of hydrogen-bond donors (Lipinski definition) is 1. The van der Waals surface area contributed by atoms with E-state index in [4.69, 9.17) is 0 Å². The predicted molar refractivity (Wildman–Crippen MR) is 106 cm³/mol. The second-order valence-electron chi connectivity index (χ2n) is 5.62. The number of halogens is 1. The van der Waals surface area contributed by atoms with Crippen LogP contribution in [0.15, 0.2) is 58.4 Å². The number of carbonyl (C=O) groups excluding carboxylic acids is 2. The number of hydrogen-bond acceptors (Lipinski definition) is 6. The third kappa shape index (κ3) is 5.01. The smallest absolute Gasteiger partial charge is 0.251 e. The van der Waals surface area contributed by atoms with E-state index in [1.54, 1.807) is 36.7 Å². The number of nitrogens with zero attached hydrogens (tertiary/aromatic N) is 4. The molecule has 9 heteroatoms. The van der Waals surface area contributed by atoms with E-state index in [0.29, 0.717) is 16.5 Å². The highest BCUT2D eigenvalue weighted by atomic mass is 79.9. The highest BCUT2D eigenvalue weighted by molar-refractivity contribution is 9.10. The molecule has 27 heavy (non-hydrogen) atoms. The molecule has 0 aliphatic carbocycles. The van der Waals surface area contributed by atoms with Crippen LogP contribution in [0.5, 0.6) is 0 Å². The zero-order valence-electron chi connectivity index (χ0n) is 14.4. The molecule has 3 rings (SSSR count). The first-order valence-electron chi connectivity index (χ1n) is 8.02. The number of rotatable bonds is 7. The summed E-state index contributed by atoms with van der Waals surface area (Å²) in [7, 11) is 1.84. The fraction of sp³-hybridized carbons (Fsp3) is 0.167. The number of nitrogens with one attached hydrogen (secondary N) is 1. The molecule has 0 saturated heterocycles. The quantitative estimate of drug-likeness (QED) is 0.562. The van der Waals surface area contributed by atoms with Crippen LogP contribution in [0.4, 0.5) is 0 Å². The summed E-state index contributed by atoms with van der Waals surface area (Å²) in [5.74, 6) is 0.496. The van der Waals surface area contributed by atoms with Gasteiger partial charge in [0.2, 0.25) is 0 Å². The second-order valence-corrected chi connectivity index (χ2v) is 7.48. The molecule has 2 aromatic heterocycles. The zero-order chi connectivity index (χ0) is 19.2. The van der Waals surface area contributed by atoms with E-state index in [0.717, 1.165) is 10.0 Å². The molecule has 1 N–H and O–H groups in total. The van der Waals surface area contributed by atoms with E-state index in [9.17, 15) is 9.59 Å². The summed E-state index contributed by atoms with van der Waals surface area (Å²) < 4.78 is 2.70. The van der Waals surface area contributed by atoms with Crippen LogP contribution in [-0.4, -0.2) is 43.7 Å². The summed E-state index contributed by atoms with van der Waals surface area (Å²) in [6.07, 6.45) is 3.40. The third-order valence-corrected chi connectivity index (χ3v) is 5.28. The summed E-state index contributed by atoms with van der Waals surface area (Å²) in [6.45, 7) is -0.0325. The predicted octanol–water partition coefficient (Wildman–Crippen LogP) is 2.73. The van der Waals surface area contributed by atoms with Crippen LogP contribution >= 0.6 is 27.7 Å². The van der Waals surface area contributed by atoms with Gasteiger partial charge in [-0.25, -0.2) is 0 Å². The molecule has 0 radical (unpaired) electrons. The van der Waals surface area contributed by atoms with Crippen LogP contribution in [-0.2, 0) is 11.8 Å². The van der Waals surface area contributed by atoms with E-state index in [-0.39, 0.29) is 24.0 Å². The van der Waals surface area contributed by atoms with Gasteiger partial charge in [0.1, 0.15) is 0 Å². The Morgan fingerprint density at radius 2 is 1.96 bits per heavy atom. The Morgan fingerprint density at radius 1 is 1.19 bits per heavy atom. The van der Waals surface area contributed by atoms with Crippen LogP contribution in [0, 0.1) is 0 Å². The third-order valence-electron chi connectivity index (χ3n) is 3.67. The van der Waals surface area contributed by atoms with E-state index in [1.165, 1.54) is 11.8 Å². The lowest BCUT2D eigenvalue weighted by atomic mass is 10.2. The van der Waals surface area contributed by atoms with Crippen molar-refractivity contribution in [1.29, 1.82) is 0 Å². The highest BCUT2D eigenvalue weighted by Crippen LogP contribution is 2.21. The van der Waals surface area contributed by atoms with Crippen molar-refractivity contribution in [3.63, 3.8) is 0 Å². The molecule has 138 valence electrons. The molecule has 0 spiro atoms. The van der Waals surface area contributed by atoms with Gasteiger partial charge in [-0.05, 0) is 36.4 Å². The Morgan fingerprint density at radius 3 is 2.67 bits per heavy atom. The molecule has 7 nitrogen and oxygen atoms in total. The van der Waals surface area contributed by atoms with E-state index in [2.05, 4.69) is 36.4 Å². The lowest BCUT2D eigenvalue weighted by Crippen LogP contribution is -2.30. The average molecular weight is 446 g/mol. The van der Waals surface area contributed by atoms with Crippen LogP contribution < -0.4 is 5.32 Å². The molecule has 0 aliphatic heterocycles. The first kappa shape index (κ1) is 19.2. The van der Waals surface area contributed by atoms with Crippen molar-refractivity contribution in [1.82, 2.24) is 25.1 Å². The molecule has 0 atom stereocenters. The van der Waals surface area contributed by atoms with Crippen molar-refractivity contribution in [2.24, 2.45) is 7.05 Å². The largest absolute Gasteiger partial charge is 0.345 e. The Bertz CT molecular complexity index is 944. The minimum absolute atomic E-state index is 0.0325. The Labute approximate surface area is 168 Å². The van der Waals surface area contributed by atoms with Crippen molar-refractivity contribution < 1.29 is 9.59 Å². The molecule has 2 heterocycles. The number of aromatic nitrogens is 4. The molecule has 0 unspecified atom stereocenters. The Kier molecular flexibility index (Phi) is 6.36. The van der Waals surface area contributed by atoms with Gasteiger partial charge in [0.25, 0.3) is 5.91 Å². The lowest BCUT2D eigenvalue weighted by molar-refractivity contribution is -0.115. The van der Waals surface area contributed by atoms with E-state index in [1.807, 2.05) is 23.7 Å². The van der Waals surface area contributed by atoms with Crippen LogP contribution in [0.1, 0.15) is 10.4 Å². The number of thioether (sulfide) groups is 1. The summed E-state index contributed by atoms with van der Waals surface area (Å²) in [4.78, 5) is 28.2. The van der Waals surface area contributed by atoms with Crippen LogP contribution in [0.25, 0.3) is 11.4 Å². The first-order chi connectivity index (χ1) is 13.0. The lowest BCUT2D eigenvalue weighted by Gasteiger charge is -2.05. The summed E-state index contributed by atoms with van der Waals surface area (Å²) in [6, 6.07) is 10.7. The van der Waals surface area contributed by atoms with Crippen molar-refractivity contribution in [2.45, 2.75) is 5.16 Å². The summed E-state index contributed by atoms with van der Waals surface area (Å²) in [5, 5.41) is 11.5. The highest BCUT2D eigenvalue weighted by Gasteiger charge is 2.14. The maximum absolute atomic E-state index is 12.1. The zero-order valence-corrected chi connectivity index (χ0v) is 16.8. The van der Waals surface area contributed by atoms with Gasteiger partial charge in [0, 0.05) is 35.0 Å². The Hall–Kier alpha value is -2.52. The maximum Gasteiger partial charge on any atom is 0.251 e. The molecule has 3 aromatic rings. The van der Waals surface area contributed by atoms with Crippen molar-refractivity contribution >= 4 is 39.4 Å². The molecule has 0 fully saturated rings. The van der Waals surface area contributed by atoms with Gasteiger partial charge in [0.15, 0.2) is 16.8 Å². The normalized spacial score (nSPS) is 10.6. The number of ketones is 1. The number of amides is 1. The molecular formula is C18H16BrN5O2S. The monoisotopic (exact) mass is 445 g/mol. The second kappa shape index (κ2) is 8.92. The fourth-order valence-corrected chi connectivity index (χ4v) is 3.30. The molecule has 1 amide bonds. The molecule has 0 bridgehead atoms. The van der Waals surface area contributed by atoms with Gasteiger partial charge >= 0.3 is 0 Å². The van der Waals surface area contributed by atoms with Crippen LogP contribution in [0.2, 0.25) is 0 Å². The number of Topliss-reactive ketones (excluding diaryl/α,β-unsaturated/α-hetero) is 1. The van der Waals surface area contributed by atoms with Crippen LogP contribution in [0.3, 0.4) is 0 Å². The average Bonchev–Trinajstić information content (AvgIpc) is 3.06. The molecule has 1 aromatic carbocycles. The van der Waals surface area contributed by atoms with Gasteiger partial charge < -0.3 is 9.88 Å². The SMILES string of the molecule is Cn1c(SCC(=O)CNC(=O)c2ccc(Br)cc2)nnc1-c1cccnc1. The molecule has 0 aliphatic rings. The minimum Gasteiger partial charge on any atom is -0.345 e. The minimum atomic E-state index is -0.279. The van der Waals surface area contributed by atoms with E-state index < -0.39 is 0 Å². The molecule has 0 saturated carbocycles. The van der Waals surface area contributed by atoms with Crippen molar-refractivity contribution in [2.75, 3.05) is 12.3 Å². The standard InChI is InChI=1S/C18H16BrN5O2S/c1-24-16(13-3-2-8-20-9-13)22-23-18(24)27-11-15(25)10-21-17(26)12-4-6-14(19)7-5-12/h2-9H,10-11H2,1H3,(H,21,26). The van der Waals surface area contributed by atoms with Gasteiger partial charge in [-0.2, -0.15) is 0 Å². The summed E-state index contributed by atoms with van der Waals surface area (Å²) in [5.41, 5.74) is 1.36. The van der Waals surface area contributed by atoms with E-state index >= 15 is 0 Å². The fourth-order valence-electron chi connectivity index (χ4n) is 2.27. The first-order valence-corrected chi connectivity index (χ1v) is 9.80. The molecular weight excluding hydrogens is 430 g/mol. The number of pyridine rings is 1. The number of benzene rings is 1. The summed E-state index contributed by atoms with van der Waals surface area (Å²) >= 11 is 4.60. The topological polar surface area (TPSA) is 89.8 Å². The maximum atomic E-state index is 12.1. The number of carbonyl (C=O) groups is 2. The van der Waals surface area contributed by atoms with Gasteiger partial charge in [-0.15, -0.1) is 10.2 Å². The van der Waals surface area contributed by atoms with Crippen molar-refractivity contribution in [3.05, 3.63) is 58.8 Å².